The number of rotatable bonds is 5. The number of methoxy groups -OCH3 is 1. The highest BCUT2D eigenvalue weighted by molar-refractivity contribution is 6.32. The lowest BCUT2D eigenvalue weighted by Gasteiger charge is -2.14. The van der Waals surface area contributed by atoms with Crippen LogP contribution in [0, 0.1) is 11.3 Å². The van der Waals surface area contributed by atoms with Gasteiger partial charge in [-0.2, -0.15) is 5.26 Å². The number of carbonyl (C=O) groups is 1. The predicted octanol–water partition coefficient (Wildman–Crippen LogP) is 3.84. The molecule has 0 bridgehead atoms. The van der Waals surface area contributed by atoms with E-state index in [0.717, 1.165) is 5.56 Å². The lowest BCUT2D eigenvalue weighted by molar-refractivity contribution is -0.117. The molecule has 0 fully saturated rings. The van der Waals surface area contributed by atoms with E-state index in [1.54, 1.807) is 0 Å². The summed E-state index contributed by atoms with van der Waals surface area (Å²) in [5.74, 6) is -0.530. The summed E-state index contributed by atoms with van der Waals surface area (Å²) in [4.78, 5) is 12.4. The topological polar surface area (TPSA) is 82.3 Å². The van der Waals surface area contributed by atoms with Gasteiger partial charge in [0.2, 0.25) is 0 Å². The Morgan fingerprint density at radius 3 is 2.64 bits per heavy atom. The number of amides is 1. The van der Waals surface area contributed by atoms with Crippen molar-refractivity contribution in [3.63, 3.8) is 0 Å². The van der Waals surface area contributed by atoms with Gasteiger partial charge in [-0.25, -0.2) is 0 Å². The van der Waals surface area contributed by atoms with Gasteiger partial charge in [0.15, 0.2) is 11.5 Å². The first-order valence-corrected chi connectivity index (χ1v) is 7.88. The number of ether oxygens (including phenoxy) is 1. The van der Waals surface area contributed by atoms with Crippen LogP contribution in [-0.2, 0) is 4.79 Å². The van der Waals surface area contributed by atoms with Gasteiger partial charge in [-0.05, 0) is 36.3 Å². The van der Waals surface area contributed by atoms with Crippen molar-refractivity contribution in [3.8, 4) is 17.6 Å². The van der Waals surface area contributed by atoms with Crippen molar-refractivity contribution < 1.29 is 14.6 Å². The van der Waals surface area contributed by atoms with E-state index in [1.165, 1.54) is 25.3 Å². The lowest BCUT2D eigenvalue weighted by atomic mass is 10.1. The average molecular weight is 357 g/mol. The number of carbonyl (C=O) groups excluding carboxylic acids is 1. The quantitative estimate of drug-likeness (QED) is 0.630. The number of phenolic OH excluding ortho intramolecular Hbond substituents is 1. The van der Waals surface area contributed by atoms with Crippen LogP contribution in [-0.4, -0.2) is 18.1 Å². The number of halogens is 1. The Hall–Kier alpha value is -2.97. The van der Waals surface area contributed by atoms with Gasteiger partial charge >= 0.3 is 0 Å². The zero-order valence-corrected chi connectivity index (χ0v) is 14.5. The molecule has 1 amide bonds. The van der Waals surface area contributed by atoms with E-state index in [0.29, 0.717) is 5.56 Å². The molecule has 5 nitrogen and oxygen atoms in total. The Morgan fingerprint density at radius 1 is 1.36 bits per heavy atom. The molecule has 0 unspecified atom stereocenters. The van der Waals surface area contributed by atoms with E-state index >= 15 is 0 Å². The summed E-state index contributed by atoms with van der Waals surface area (Å²) in [6.07, 6.45) is 1.39. The molecule has 2 rings (SSSR count). The van der Waals surface area contributed by atoms with Gasteiger partial charge in [-0.15, -0.1) is 0 Å². The molecule has 0 aromatic heterocycles. The van der Waals surface area contributed by atoms with Gasteiger partial charge in [-0.1, -0.05) is 41.9 Å². The van der Waals surface area contributed by atoms with Crippen LogP contribution in [0.1, 0.15) is 24.1 Å². The number of hydrogen-bond acceptors (Lipinski definition) is 4. The molecule has 0 radical (unpaired) electrons. The number of nitriles is 1. The Kier molecular flexibility index (Phi) is 6.04. The number of hydrogen-bond donors (Lipinski definition) is 2. The minimum absolute atomic E-state index is 0.0703. The van der Waals surface area contributed by atoms with Gasteiger partial charge in [0, 0.05) is 0 Å². The second-order valence-corrected chi connectivity index (χ2v) is 5.74. The van der Waals surface area contributed by atoms with Gasteiger partial charge in [0.05, 0.1) is 18.2 Å². The molecule has 0 aliphatic rings. The monoisotopic (exact) mass is 356 g/mol. The second kappa shape index (κ2) is 8.22. The van der Waals surface area contributed by atoms with Crippen LogP contribution in [0.4, 0.5) is 0 Å². The van der Waals surface area contributed by atoms with E-state index in [1.807, 2.05) is 43.3 Å². The van der Waals surface area contributed by atoms with E-state index in [4.69, 9.17) is 16.3 Å². The Balaban J connectivity index is 2.24. The smallest absolute Gasteiger partial charge is 0.262 e. The molecule has 1 atom stereocenters. The third-order valence-electron chi connectivity index (χ3n) is 3.59. The van der Waals surface area contributed by atoms with Gasteiger partial charge < -0.3 is 15.2 Å². The summed E-state index contributed by atoms with van der Waals surface area (Å²) in [5.41, 5.74) is 1.33. The SMILES string of the molecule is COc1cc(/C=C(\C#N)C(=O)N[C@H](C)c2ccccc2)cc(Cl)c1O. The van der Waals surface area contributed by atoms with Crippen molar-refractivity contribution in [1.82, 2.24) is 5.32 Å². The van der Waals surface area contributed by atoms with Crippen molar-refractivity contribution in [2.24, 2.45) is 0 Å². The molecule has 2 aromatic rings. The third-order valence-corrected chi connectivity index (χ3v) is 3.88. The molecule has 0 aliphatic carbocycles. The largest absolute Gasteiger partial charge is 0.503 e. The van der Waals surface area contributed by atoms with Crippen molar-refractivity contribution in [1.29, 1.82) is 5.26 Å². The van der Waals surface area contributed by atoms with Crippen LogP contribution >= 0.6 is 11.6 Å². The van der Waals surface area contributed by atoms with Crippen molar-refractivity contribution in [2.45, 2.75) is 13.0 Å². The van der Waals surface area contributed by atoms with E-state index in [-0.39, 0.29) is 28.1 Å². The fourth-order valence-corrected chi connectivity index (χ4v) is 2.47. The van der Waals surface area contributed by atoms with Gasteiger partial charge in [0.25, 0.3) is 5.91 Å². The fourth-order valence-electron chi connectivity index (χ4n) is 2.25. The first kappa shape index (κ1) is 18.4. The first-order chi connectivity index (χ1) is 12.0. The lowest BCUT2D eigenvalue weighted by Crippen LogP contribution is -2.27. The predicted molar refractivity (Wildman–Crippen MR) is 96.3 cm³/mol. The summed E-state index contributed by atoms with van der Waals surface area (Å²) in [7, 11) is 1.39. The molecule has 0 spiro atoms. The van der Waals surface area contributed by atoms with Crippen LogP contribution in [0.15, 0.2) is 48.0 Å². The maximum absolute atomic E-state index is 12.4. The molecule has 0 saturated heterocycles. The maximum atomic E-state index is 12.4. The Bertz CT molecular complexity index is 842. The van der Waals surface area contributed by atoms with Crippen LogP contribution in [0.3, 0.4) is 0 Å². The Labute approximate surface area is 151 Å². The van der Waals surface area contributed by atoms with Crippen molar-refractivity contribution in [2.75, 3.05) is 7.11 Å². The first-order valence-electron chi connectivity index (χ1n) is 7.50. The van der Waals surface area contributed by atoms with Gasteiger partial charge in [-0.3, -0.25) is 4.79 Å². The molecular weight excluding hydrogens is 340 g/mol. The molecule has 2 aromatic carbocycles. The molecule has 2 N–H and O–H groups in total. The normalized spacial score (nSPS) is 12.2. The van der Waals surface area contributed by atoms with Crippen LogP contribution in [0.5, 0.6) is 11.5 Å². The van der Waals surface area contributed by atoms with Crippen LogP contribution < -0.4 is 10.1 Å². The van der Waals surface area contributed by atoms with E-state index in [2.05, 4.69) is 5.32 Å². The average Bonchev–Trinajstić information content (AvgIpc) is 2.62. The van der Waals surface area contributed by atoms with Crippen molar-refractivity contribution in [3.05, 3.63) is 64.2 Å². The number of nitrogens with zero attached hydrogens (tertiary/aromatic N) is 1. The van der Waals surface area contributed by atoms with E-state index < -0.39 is 5.91 Å². The molecule has 128 valence electrons. The highest BCUT2D eigenvalue weighted by Gasteiger charge is 2.15. The standard InChI is InChI=1S/C19H17ClN2O3/c1-12(14-6-4-3-5-7-14)22-19(24)15(11-21)8-13-9-16(20)18(23)17(10-13)25-2/h3-10,12,23H,1-2H3,(H,22,24)/b15-8+/t12-/m1/s1. The highest BCUT2D eigenvalue weighted by atomic mass is 35.5. The minimum atomic E-state index is -0.498. The number of benzene rings is 2. The summed E-state index contributed by atoms with van der Waals surface area (Å²) < 4.78 is 5.02. The summed E-state index contributed by atoms with van der Waals surface area (Å²) in [6, 6.07) is 14.0. The number of phenols is 1. The van der Waals surface area contributed by atoms with Crippen LogP contribution in [0.2, 0.25) is 5.02 Å². The van der Waals surface area contributed by atoms with Crippen molar-refractivity contribution >= 4 is 23.6 Å². The zero-order chi connectivity index (χ0) is 18.4. The zero-order valence-electron chi connectivity index (χ0n) is 13.8. The summed E-state index contributed by atoms with van der Waals surface area (Å²) in [5, 5.41) is 21.9. The highest BCUT2D eigenvalue weighted by Crippen LogP contribution is 2.35. The second-order valence-electron chi connectivity index (χ2n) is 5.33. The number of aromatic hydroxyl groups is 1. The summed E-state index contributed by atoms with van der Waals surface area (Å²) >= 11 is 5.93. The molecule has 0 saturated carbocycles. The van der Waals surface area contributed by atoms with Gasteiger partial charge in [0.1, 0.15) is 11.6 Å². The minimum Gasteiger partial charge on any atom is -0.503 e. The number of nitrogens with one attached hydrogen (secondary N) is 1. The van der Waals surface area contributed by atoms with E-state index in [9.17, 15) is 15.2 Å². The third kappa shape index (κ3) is 4.52. The summed E-state index contributed by atoms with van der Waals surface area (Å²) in [6.45, 7) is 1.84. The molecule has 25 heavy (non-hydrogen) atoms. The maximum Gasteiger partial charge on any atom is 0.262 e. The molecule has 6 heteroatoms. The molecule has 0 aliphatic heterocycles. The fraction of sp³-hybridized carbons (Fsp3) is 0.158. The molecule has 0 heterocycles. The van der Waals surface area contributed by atoms with Crippen LogP contribution in [0.25, 0.3) is 6.08 Å². The molecular formula is C19H17ClN2O3. The Morgan fingerprint density at radius 2 is 2.04 bits per heavy atom.